The number of aliphatic carboxylic acids is 1. The van der Waals surface area contributed by atoms with E-state index >= 15 is 0 Å². The number of carbonyl (C=O) groups is 1. The molecule has 0 unspecified atom stereocenters. The van der Waals surface area contributed by atoms with Crippen molar-refractivity contribution in [2.75, 3.05) is 0 Å². The maximum atomic E-state index is 10.4. The van der Waals surface area contributed by atoms with E-state index in [9.17, 15) is 9.90 Å². The zero-order valence-electron chi connectivity index (χ0n) is 13.0. The molecule has 3 heteroatoms. The molecule has 0 aromatic carbocycles. The van der Waals surface area contributed by atoms with E-state index in [4.69, 9.17) is 0 Å². The van der Waals surface area contributed by atoms with Gasteiger partial charge in [-0.2, -0.15) is 0 Å². The van der Waals surface area contributed by atoms with Crippen LogP contribution in [0.1, 0.15) is 84.0 Å². The van der Waals surface area contributed by atoms with Gasteiger partial charge in [0.05, 0.1) is 5.97 Å². The summed E-state index contributed by atoms with van der Waals surface area (Å²) in [6, 6.07) is 0. The summed E-state index contributed by atoms with van der Waals surface area (Å²) in [5, 5.41) is 10.4. The summed E-state index contributed by atoms with van der Waals surface area (Å²) >= 11 is 0. The van der Waals surface area contributed by atoms with Crippen LogP contribution in [0, 0.1) is 0 Å². The molecule has 0 aliphatic rings. The first kappa shape index (κ1) is 21.5. The van der Waals surface area contributed by atoms with Gasteiger partial charge in [-0.3, -0.25) is 0 Å². The number of carboxylic acids is 1. The van der Waals surface area contributed by atoms with Crippen LogP contribution in [0.5, 0.6) is 0 Å². The molecule has 19 heavy (non-hydrogen) atoms. The van der Waals surface area contributed by atoms with E-state index in [1.54, 1.807) is 0 Å². The van der Waals surface area contributed by atoms with Gasteiger partial charge in [-0.1, -0.05) is 77.7 Å². The summed E-state index contributed by atoms with van der Waals surface area (Å²) in [4.78, 5) is 10.4. The first-order valence-electron chi connectivity index (χ1n) is 7.57. The third-order valence-electron chi connectivity index (χ3n) is 3.37. The molecule has 0 spiro atoms. The molecule has 0 atom stereocenters. The van der Waals surface area contributed by atoms with Crippen molar-refractivity contribution >= 4 is 5.97 Å². The van der Waals surface area contributed by atoms with Crippen LogP contribution in [0.2, 0.25) is 0 Å². The van der Waals surface area contributed by atoms with Crippen LogP contribution >= 0.6 is 0 Å². The average Bonchev–Trinajstić information content (AvgIpc) is 2.35. The van der Waals surface area contributed by atoms with Crippen molar-refractivity contribution in [2.45, 2.75) is 84.0 Å². The molecule has 0 aliphatic carbocycles. The quantitative estimate of drug-likeness (QED) is 0.286. The summed E-state index contributed by atoms with van der Waals surface area (Å²) in [6.07, 6.45) is 14.7. The van der Waals surface area contributed by atoms with E-state index in [1.165, 1.54) is 57.8 Å². The van der Waals surface area contributed by atoms with Gasteiger partial charge in [0.25, 0.3) is 0 Å². The molecule has 0 saturated carbocycles. The predicted octanol–water partition coefficient (Wildman–Crippen LogP) is 0.998. The minimum Gasteiger partial charge on any atom is -0.545 e. The molecule has 106 valence electrons. The molecule has 0 saturated heterocycles. The molecule has 0 bridgehead atoms. The molecule has 0 heterocycles. The van der Waals surface area contributed by atoms with Crippen molar-refractivity contribution in [2.24, 2.45) is 0 Å². The van der Waals surface area contributed by atoms with Crippen LogP contribution in [0.25, 0.3) is 0 Å². The summed E-state index contributed by atoms with van der Waals surface area (Å²) in [7, 11) is 0. The molecule has 0 aromatic rings. The molecule has 0 N–H and O–H groups in total. The maximum Gasteiger partial charge on any atom is 1.00 e. The second-order valence-corrected chi connectivity index (χ2v) is 5.18. The summed E-state index contributed by atoms with van der Waals surface area (Å²) in [5.74, 6) is -1.10. The SMILES string of the molecule is C=C(CCCCCCCCCCCCC)C(=O)[O-].[Na+]. The van der Waals surface area contributed by atoms with Crippen LogP contribution in [-0.2, 0) is 4.79 Å². The van der Waals surface area contributed by atoms with Gasteiger partial charge in [-0.05, 0) is 18.4 Å². The van der Waals surface area contributed by atoms with Crippen molar-refractivity contribution in [3.63, 3.8) is 0 Å². The Morgan fingerprint density at radius 2 is 1.21 bits per heavy atom. The Balaban J connectivity index is 0. The van der Waals surface area contributed by atoms with Crippen molar-refractivity contribution in [1.82, 2.24) is 0 Å². The zero-order valence-corrected chi connectivity index (χ0v) is 15.0. The number of hydrogen-bond acceptors (Lipinski definition) is 2. The molecular formula is C16H29NaO2. The van der Waals surface area contributed by atoms with Crippen LogP contribution in [-0.4, -0.2) is 5.97 Å². The fraction of sp³-hybridized carbons (Fsp3) is 0.812. The number of hydrogen-bond donors (Lipinski definition) is 0. The number of unbranched alkanes of at least 4 members (excludes halogenated alkanes) is 10. The third kappa shape index (κ3) is 16.2. The topological polar surface area (TPSA) is 40.1 Å². The van der Waals surface area contributed by atoms with Gasteiger partial charge in [-0.25, -0.2) is 0 Å². The fourth-order valence-electron chi connectivity index (χ4n) is 2.10. The van der Waals surface area contributed by atoms with Gasteiger partial charge in [0.1, 0.15) is 0 Å². The zero-order chi connectivity index (χ0) is 13.6. The Bertz CT molecular complexity index is 227. The van der Waals surface area contributed by atoms with Crippen molar-refractivity contribution in [1.29, 1.82) is 0 Å². The van der Waals surface area contributed by atoms with Crippen molar-refractivity contribution in [3.05, 3.63) is 12.2 Å². The normalized spacial score (nSPS) is 9.95. The van der Waals surface area contributed by atoms with Crippen LogP contribution in [0.4, 0.5) is 0 Å². The Morgan fingerprint density at radius 3 is 1.58 bits per heavy atom. The molecule has 0 aliphatic heterocycles. The third-order valence-corrected chi connectivity index (χ3v) is 3.37. The summed E-state index contributed by atoms with van der Waals surface area (Å²) < 4.78 is 0. The molecular weight excluding hydrogens is 247 g/mol. The molecule has 2 nitrogen and oxygen atoms in total. The minimum absolute atomic E-state index is 0. The number of carbonyl (C=O) groups excluding carboxylic acids is 1. The molecule has 0 rings (SSSR count). The van der Waals surface area contributed by atoms with E-state index in [0.717, 1.165) is 12.8 Å². The van der Waals surface area contributed by atoms with E-state index in [1.807, 2.05) is 0 Å². The Hall–Kier alpha value is 0.210. The summed E-state index contributed by atoms with van der Waals surface area (Å²) in [5.41, 5.74) is 0.242. The first-order valence-corrected chi connectivity index (χ1v) is 7.57. The van der Waals surface area contributed by atoms with Gasteiger partial charge < -0.3 is 9.90 Å². The van der Waals surface area contributed by atoms with Gasteiger partial charge in [0.15, 0.2) is 0 Å². The number of carboxylic acid groups (broad SMARTS) is 1. The van der Waals surface area contributed by atoms with Crippen molar-refractivity contribution in [3.8, 4) is 0 Å². The number of rotatable bonds is 13. The Kier molecular flexibility index (Phi) is 18.4. The molecule has 0 radical (unpaired) electrons. The minimum atomic E-state index is -1.10. The van der Waals surface area contributed by atoms with E-state index < -0.39 is 5.97 Å². The second kappa shape index (κ2) is 16.3. The summed E-state index contributed by atoms with van der Waals surface area (Å²) in [6.45, 7) is 5.72. The predicted molar refractivity (Wildman–Crippen MR) is 75.2 cm³/mol. The van der Waals surface area contributed by atoms with Crippen LogP contribution < -0.4 is 34.7 Å². The Labute approximate surface area is 141 Å². The second-order valence-electron chi connectivity index (χ2n) is 5.18. The largest absolute Gasteiger partial charge is 1.00 e. The van der Waals surface area contributed by atoms with Crippen LogP contribution in [0.3, 0.4) is 0 Å². The van der Waals surface area contributed by atoms with E-state index in [2.05, 4.69) is 13.5 Å². The van der Waals surface area contributed by atoms with Gasteiger partial charge in [0, 0.05) is 0 Å². The molecule has 0 amide bonds. The smallest absolute Gasteiger partial charge is 0.545 e. The standard InChI is InChI=1S/C16H30O2.Na/c1-3-4-5-6-7-8-9-10-11-12-13-14-15(2)16(17)18;/h2-14H2,1H3,(H,17,18);/q;+1/p-1. The van der Waals surface area contributed by atoms with Crippen LogP contribution in [0.15, 0.2) is 12.2 Å². The maximum absolute atomic E-state index is 10.4. The fourth-order valence-corrected chi connectivity index (χ4v) is 2.10. The molecule has 0 fully saturated rings. The van der Waals surface area contributed by atoms with Gasteiger partial charge >= 0.3 is 29.6 Å². The molecule has 0 aromatic heterocycles. The van der Waals surface area contributed by atoms with E-state index in [-0.39, 0.29) is 35.1 Å². The first-order chi connectivity index (χ1) is 8.68. The average molecular weight is 276 g/mol. The van der Waals surface area contributed by atoms with Gasteiger partial charge in [0.2, 0.25) is 0 Å². The van der Waals surface area contributed by atoms with Gasteiger partial charge in [-0.15, -0.1) is 0 Å². The van der Waals surface area contributed by atoms with Crippen molar-refractivity contribution < 1.29 is 39.5 Å². The Morgan fingerprint density at radius 1 is 0.842 bits per heavy atom. The monoisotopic (exact) mass is 276 g/mol. The van der Waals surface area contributed by atoms with E-state index in [0.29, 0.717) is 6.42 Å².